The van der Waals surface area contributed by atoms with Gasteiger partial charge in [0, 0.05) is 12.1 Å². The first kappa shape index (κ1) is 22.2. The van der Waals surface area contributed by atoms with E-state index in [4.69, 9.17) is 14.2 Å². The van der Waals surface area contributed by atoms with Crippen molar-refractivity contribution in [2.24, 2.45) is 0 Å². The lowest BCUT2D eigenvalue weighted by Gasteiger charge is -2.33. The number of hydrogen-bond acceptors (Lipinski definition) is 6. The van der Waals surface area contributed by atoms with E-state index in [1.54, 1.807) is 19.2 Å². The Kier molecular flexibility index (Phi) is 6.48. The molecule has 2 N–H and O–H groups in total. The normalized spacial score (nSPS) is 17.3. The van der Waals surface area contributed by atoms with Gasteiger partial charge in [0.1, 0.15) is 24.7 Å². The Balaban J connectivity index is 1.53. The van der Waals surface area contributed by atoms with Crippen molar-refractivity contribution in [3.05, 3.63) is 70.9 Å². The van der Waals surface area contributed by atoms with Gasteiger partial charge in [-0.1, -0.05) is 30.3 Å². The minimum Gasteiger partial charge on any atom is -0.497 e. The second kappa shape index (κ2) is 9.64. The van der Waals surface area contributed by atoms with Crippen molar-refractivity contribution >= 4 is 17.9 Å². The fourth-order valence-electron chi connectivity index (χ4n) is 3.90. The second-order valence-electron chi connectivity index (χ2n) is 7.50. The van der Waals surface area contributed by atoms with Gasteiger partial charge >= 0.3 is 12.0 Å². The van der Waals surface area contributed by atoms with Crippen molar-refractivity contribution in [1.29, 1.82) is 0 Å². The van der Waals surface area contributed by atoms with E-state index in [2.05, 4.69) is 10.6 Å². The summed E-state index contributed by atoms with van der Waals surface area (Å²) >= 11 is 0. The first-order chi connectivity index (χ1) is 16.0. The molecule has 9 heteroatoms. The monoisotopic (exact) mass is 451 g/mol. The van der Waals surface area contributed by atoms with Crippen molar-refractivity contribution in [2.45, 2.75) is 19.5 Å². The number of nitrogens with zero attached hydrogens (tertiary/aromatic N) is 1. The highest BCUT2D eigenvalue weighted by Crippen LogP contribution is 2.38. The summed E-state index contributed by atoms with van der Waals surface area (Å²) < 4.78 is 16.1. The van der Waals surface area contributed by atoms with Crippen LogP contribution < -0.4 is 20.1 Å². The molecule has 0 radical (unpaired) electrons. The zero-order chi connectivity index (χ0) is 23.4. The molecule has 0 unspecified atom stereocenters. The minimum absolute atomic E-state index is 0.0714. The van der Waals surface area contributed by atoms with Gasteiger partial charge in [-0.25, -0.2) is 9.59 Å². The number of amides is 3. The van der Waals surface area contributed by atoms with Crippen LogP contribution in [0.3, 0.4) is 0 Å². The van der Waals surface area contributed by atoms with Gasteiger partial charge in [-0.15, -0.1) is 0 Å². The molecule has 0 saturated carbocycles. The summed E-state index contributed by atoms with van der Waals surface area (Å²) in [4.78, 5) is 39.4. The number of cyclic esters (lactones) is 1. The number of methoxy groups -OCH3 is 1. The molecule has 172 valence electrons. The summed E-state index contributed by atoms with van der Waals surface area (Å²) in [5, 5.41) is 5.62. The van der Waals surface area contributed by atoms with Crippen LogP contribution in [0.25, 0.3) is 0 Å². The third-order valence-corrected chi connectivity index (χ3v) is 5.45. The number of rotatable bonds is 8. The van der Waals surface area contributed by atoms with Gasteiger partial charge in [0.2, 0.25) is 5.91 Å². The van der Waals surface area contributed by atoms with Crippen LogP contribution >= 0.6 is 0 Å². The average Bonchev–Trinajstić information content (AvgIpc) is 3.21. The summed E-state index contributed by atoms with van der Waals surface area (Å²) in [7, 11) is 1.57. The lowest BCUT2D eigenvalue weighted by molar-refractivity contribution is -0.136. The van der Waals surface area contributed by atoms with Gasteiger partial charge in [0.05, 0.1) is 31.0 Å². The molecular weight excluding hydrogens is 426 g/mol. The Morgan fingerprint density at radius 1 is 1.21 bits per heavy atom. The third kappa shape index (κ3) is 4.62. The van der Waals surface area contributed by atoms with E-state index in [0.717, 1.165) is 5.56 Å². The molecule has 2 aromatic carbocycles. The molecule has 1 atom stereocenters. The van der Waals surface area contributed by atoms with Gasteiger partial charge in [-0.3, -0.25) is 9.69 Å². The third-order valence-electron chi connectivity index (χ3n) is 5.45. The molecule has 2 aromatic rings. The lowest BCUT2D eigenvalue weighted by Crippen LogP contribution is -2.50. The molecular formula is C24H25N3O6. The quantitative estimate of drug-likeness (QED) is 0.597. The molecule has 0 fully saturated rings. The van der Waals surface area contributed by atoms with Crippen molar-refractivity contribution < 1.29 is 28.6 Å². The van der Waals surface area contributed by atoms with E-state index < -0.39 is 18.0 Å². The van der Waals surface area contributed by atoms with Gasteiger partial charge in [-0.2, -0.15) is 0 Å². The predicted molar refractivity (Wildman–Crippen MR) is 118 cm³/mol. The van der Waals surface area contributed by atoms with Gasteiger partial charge in [0.25, 0.3) is 0 Å². The van der Waals surface area contributed by atoms with Crippen LogP contribution in [0.2, 0.25) is 0 Å². The zero-order valence-electron chi connectivity index (χ0n) is 18.4. The molecule has 2 aliphatic rings. The van der Waals surface area contributed by atoms with Gasteiger partial charge in [-0.05, 0) is 30.7 Å². The molecule has 33 heavy (non-hydrogen) atoms. The Hall–Kier alpha value is -4.01. The van der Waals surface area contributed by atoms with Crippen molar-refractivity contribution in [3.63, 3.8) is 0 Å². The summed E-state index contributed by atoms with van der Waals surface area (Å²) in [5.41, 5.74) is 2.21. The minimum atomic E-state index is -0.721. The van der Waals surface area contributed by atoms with E-state index in [-0.39, 0.29) is 25.6 Å². The smallest absolute Gasteiger partial charge is 0.338 e. The van der Waals surface area contributed by atoms with Crippen LogP contribution in [-0.2, 0) is 20.9 Å². The fourth-order valence-corrected chi connectivity index (χ4v) is 3.90. The maximum Gasteiger partial charge on any atom is 0.338 e. The molecule has 9 nitrogen and oxygen atoms in total. The Labute approximate surface area is 191 Å². The Morgan fingerprint density at radius 2 is 2.03 bits per heavy atom. The van der Waals surface area contributed by atoms with E-state index in [0.29, 0.717) is 34.9 Å². The summed E-state index contributed by atoms with van der Waals surface area (Å²) in [6.07, 6.45) is 0. The van der Waals surface area contributed by atoms with E-state index in [9.17, 15) is 14.4 Å². The Bertz CT molecular complexity index is 1110. The van der Waals surface area contributed by atoms with Gasteiger partial charge < -0.3 is 24.8 Å². The number of hydrogen-bond donors (Lipinski definition) is 2. The first-order valence-corrected chi connectivity index (χ1v) is 10.6. The van der Waals surface area contributed by atoms with Crippen LogP contribution in [0.1, 0.15) is 24.1 Å². The molecule has 0 aromatic heterocycles. The second-order valence-corrected chi connectivity index (χ2v) is 7.50. The largest absolute Gasteiger partial charge is 0.497 e. The molecule has 0 bridgehead atoms. The first-order valence-electron chi connectivity index (χ1n) is 10.6. The molecule has 0 saturated heterocycles. The standard InChI is InChI=1S/C24H25N3O6/c1-3-32-19-10-5-4-9-17(19)22-21-18(14-33-23(21)29)27(24(30)26-22)13-20(28)25-12-15-7-6-8-16(11-15)31-2/h4-11,22H,3,12-14H2,1-2H3,(H,25,28)(H,26,30)/t22-/m0/s1. The van der Waals surface area contributed by atoms with E-state index in [1.165, 1.54) is 4.90 Å². The highest BCUT2D eigenvalue weighted by Gasteiger charge is 2.43. The molecule has 0 aliphatic carbocycles. The number of nitrogens with one attached hydrogen (secondary N) is 2. The van der Waals surface area contributed by atoms with Crippen LogP contribution in [0.5, 0.6) is 11.5 Å². The number of esters is 1. The van der Waals surface area contributed by atoms with Crippen LogP contribution in [0.15, 0.2) is 59.8 Å². The fraction of sp³-hybridized carbons (Fsp3) is 0.292. The SMILES string of the molecule is CCOc1ccccc1[C@@H]1NC(=O)N(CC(=O)NCc2cccc(OC)c2)C2=C1C(=O)OC2. The molecule has 3 amide bonds. The summed E-state index contributed by atoms with van der Waals surface area (Å²) in [5.74, 6) is 0.365. The van der Waals surface area contributed by atoms with Crippen molar-refractivity contribution in [2.75, 3.05) is 26.9 Å². The number of para-hydroxylation sites is 1. The average molecular weight is 451 g/mol. The molecule has 2 aliphatic heterocycles. The topological polar surface area (TPSA) is 106 Å². The molecule has 0 spiro atoms. The zero-order valence-corrected chi connectivity index (χ0v) is 18.4. The number of urea groups is 1. The Morgan fingerprint density at radius 3 is 2.82 bits per heavy atom. The van der Waals surface area contributed by atoms with Crippen molar-refractivity contribution in [1.82, 2.24) is 15.5 Å². The number of carbonyl (C=O) groups is 3. The number of benzene rings is 2. The lowest BCUT2D eigenvalue weighted by atomic mass is 9.95. The number of ether oxygens (including phenoxy) is 3. The van der Waals surface area contributed by atoms with E-state index >= 15 is 0 Å². The molecule has 4 rings (SSSR count). The maximum absolute atomic E-state index is 13.0. The van der Waals surface area contributed by atoms with Crippen LogP contribution in [0, 0.1) is 0 Å². The number of carbonyl (C=O) groups excluding carboxylic acids is 3. The predicted octanol–water partition coefficient (Wildman–Crippen LogP) is 2.29. The van der Waals surface area contributed by atoms with Crippen LogP contribution in [0.4, 0.5) is 4.79 Å². The highest BCUT2D eigenvalue weighted by molar-refractivity contribution is 5.98. The van der Waals surface area contributed by atoms with E-state index in [1.807, 2.05) is 43.3 Å². The van der Waals surface area contributed by atoms with Crippen molar-refractivity contribution in [3.8, 4) is 11.5 Å². The maximum atomic E-state index is 13.0. The molecule has 2 heterocycles. The van der Waals surface area contributed by atoms with Gasteiger partial charge in [0.15, 0.2) is 0 Å². The summed E-state index contributed by atoms with van der Waals surface area (Å²) in [6, 6.07) is 13.3. The highest BCUT2D eigenvalue weighted by atomic mass is 16.5. The summed E-state index contributed by atoms with van der Waals surface area (Å²) in [6.45, 7) is 2.25. The van der Waals surface area contributed by atoms with Crippen LogP contribution in [-0.4, -0.2) is 49.7 Å².